The van der Waals surface area contributed by atoms with Crippen molar-refractivity contribution >= 4 is 16.0 Å². The van der Waals surface area contributed by atoms with Crippen LogP contribution in [0.25, 0.3) is 11.3 Å². The number of aromatic nitrogens is 3. The minimum absolute atomic E-state index is 0.0547. The van der Waals surface area contributed by atoms with Crippen LogP contribution in [0.2, 0.25) is 0 Å². The molecule has 2 aromatic heterocycles. The summed E-state index contributed by atoms with van der Waals surface area (Å²) in [5.41, 5.74) is 1.40. The Kier molecular flexibility index (Phi) is 6.35. The van der Waals surface area contributed by atoms with Gasteiger partial charge in [0.25, 0.3) is 28.2 Å². The van der Waals surface area contributed by atoms with Crippen molar-refractivity contribution in [3.63, 3.8) is 0 Å². The highest BCUT2D eigenvalue weighted by molar-refractivity contribution is 7.92. The number of nitrogens with zero attached hydrogens (tertiary/aromatic N) is 2. The molecule has 0 aliphatic heterocycles. The Morgan fingerprint density at radius 1 is 1.10 bits per heavy atom. The Bertz CT molecular complexity index is 1080. The molecular weight excluding hydrogens is 422 g/mol. The van der Waals surface area contributed by atoms with E-state index in [1.807, 2.05) is 30.3 Å². The number of hydrogen-bond donors (Lipinski definition) is 2. The van der Waals surface area contributed by atoms with Crippen molar-refractivity contribution in [2.75, 3.05) is 25.5 Å². The van der Waals surface area contributed by atoms with Gasteiger partial charge in [0.05, 0.1) is 14.2 Å². The normalized spacial score (nSPS) is 11.4. The number of H-pyrrole nitrogens is 1. The lowest BCUT2D eigenvalue weighted by Crippen LogP contribution is -2.16. The van der Waals surface area contributed by atoms with Crippen molar-refractivity contribution in [3.05, 3.63) is 42.6 Å². The first kappa shape index (κ1) is 21.3. The van der Waals surface area contributed by atoms with Crippen LogP contribution < -0.4 is 18.9 Å². The van der Waals surface area contributed by atoms with E-state index in [1.54, 1.807) is 0 Å². The van der Waals surface area contributed by atoms with Crippen LogP contribution in [0.15, 0.2) is 47.5 Å². The summed E-state index contributed by atoms with van der Waals surface area (Å²) in [4.78, 5) is 10.6. The van der Waals surface area contributed by atoms with E-state index in [2.05, 4.69) is 19.7 Å². The van der Waals surface area contributed by atoms with Crippen LogP contribution in [0.5, 0.6) is 17.5 Å². The fraction of sp³-hybridized carbons (Fsp3) is 0.222. The molecule has 0 unspecified atom stereocenters. The second-order valence-corrected chi connectivity index (χ2v) is 7.50. The van der Waals surface area contributed by atoms with Crippen molar-refractivity contribution < 1.29 is 31.4 Å². The van der Waals surface area contributed by atoms with Crippen LogP contribution >= 0.6 is 0 Å². The number of anilines is 1. The third kappa shape index (κ3) is 4.76. The largest absolute Gasteiger partial charge is 0.478 e. The maximum Gasteiger partial charge on any atom is 0.272 e. The maximum atomic E-state index is 12.7. The molecule has 0 bridgehead atoms. The van der Waals surface area contributed by atoms with Crippen LogP contribution in [0, 0.1) is 0 Å². The van der Waals surface area contributed by atoms with Crippen molar-refractivity contribution in [2.24, 2.45) is 0 Å². The van der Waals surface area contributed by atoms with Gasteiger partial charge in [-0.15, -0.1) is 0 Å². The van der Waals surface area contributed by atoms with Gasteiger partial charge in [0.15, 0.2) is 0 Å². The molecule has 0 radical (unpaired) electrons. The molecule has 9 nitrogen and oxygen atoms in total. The average molecular weight is 440 g/mol. The first-order valence-electron chi connectivity index (χ1n) is 8.51. The highest BCUT2D eigenvalue weighted by atomic mass is 32.2. The lowest BCUT2D eigenvalue weighted by Gasteiger charge is -2.14. The molecule has 160 valence electrons. The van der Waals surface area contributed by atoms with Gasteiger partial charge in [-0.3, -0.25) is 0 Å². The van der Waals surface area contributed by atoms with E-state index in [-0.39, 0.29) is 28.4 Å². The Morgan fingerprint density at radius 3 is 2.30 bits per heavy atom. The van der Waals surface area contributed by atoms with E-state index in [0.29, 0.717) is 5.69 Å². The number of nitrogens with one attached hydrogen (secondary N) is 2. The highest BCUT2D eigenvalue weighted by Gasteiger charge is 2.23. The summed E-state index contributed by atoms with van der Waals surface area (Å²) in [6.45, 7) is -0.938. The van der Waals surface area contributed by atoms with Crippen molar-refractivity contribution in [3.8, 4) is 28.8 Å². The zero-order valence-corrected chi connectivity index (χ0v) is 16.7. The molecule has 3 aromatic rings. The quantitative estimate of drug-likeness (QED) is 0.526. The number of alkyl halides is 2. The van der Waals surface area contributed by atoms with Gasteiger partial charge in [-0.25, -0.2) is 21.9 Å². The molecule has 0 fully saturated rings. The Balaban J connectivity index is 1.88. The lowest BCUT2D eigenvalue weighted by atomic mass is 10.2. The summed E-state index contributed by atoms with van der Waals surface area (Å²) in [6.07, 6.45) is -1.43. The van der Waals surface area contributed by atoms with Gasteiger partial charge in [0, 0.05) is 11.9 Å². The van der Waals surface area contributed by atoms with Gasteiger partial charge in [-0.2, -0.15) is 9.97 Å². The molecule has 0 amide bonds. The zero-order chi connectivity index (χ0) is 21.7. The van der Waals surface area contributed by atoms with Gasteiger partial charge >= 0.3 is 0 Å². The second-order valence-electron chi connectivity index (χ2n) is 5.82. The van der Waals surface area contributed by atoms with Gasteiger partial charge in [-0.1, -0.05) is 30.3 Å². The Labute approximate surface area is 171 Å². The fourth-order valence-corrected chi connectivity index (χ4v) is 3.43. The van der Waals surface area contributed by atoms with E-state index >= 15 is 0 Å². The number of benzene rings is 1. The predicted octanol–water partition coefficient (Wildman–Crippen LogP) is 2.93. The van der Waals surface area contributed by atoms with Crippen LogP contribution in [0.3, 0.4) is 0 Å². The first-order chi connectivity index (χ1) is 14.3. The van der Waals surface area contributed by atoms with Gasteiger partial charge in [-0.05, 0) is 11.6 Å². The van der Waals surface area contributed by atoms with E-state index in [0.717, 1.165) is 5.56 Å². The average Bonchev–Trinajstić information content (AvgIpc) is 3.23. The SMILES string of the molecule is COc1nc(NS(=O)(=O)c2c[nH]c(-c3ccccc3)c2)nc(OC)c1OCC(F)F. The number of ether oxygens (including phenoxy) is 3. The van der Waals surface area contributed by atoms with Gasteiger partial charge < -0.3 is 19.2 Å². The summed E-state index contributed by atoms with van der Waals surface area (Å²) >= 11 is 0. The highest BCUT2D eigenvalue weighted by Crippen LogP contribution is 2.35. The Morgan fingerprint density at radius 2 is 1.73 bits per heavy atom. The van der Waals surface area contributed by atoms with Gasteiger partial charge in [0.1, 0.15) is 11.5 Å². The third-order valence-electron chi connectivity index (χ3n) is 3.82. The predicted molar refractivity (Wildman–Crippen MR) is 104 cm³/mol. The fourth-order valence-electron chi connectivity index (χ4n) is 2.50. The molecule has 0 saturated carbocycles. The van der Waals surface area contributed by atoms with Crippen LogP contribution in [0.4, 0.5) is 14.7 Å². The van der Waals surface area contributed by atoms with E-state index in [1.165, 1.54) is 26.5 Å². The molecule has 3 rings (SSSR count). The number of methoxy groups -OCH3 is 2. The molecule has 12 heteroatoms. The minimum atomic E-state index is -4.07. The number of aromatic amines is 1. The Hall–Kier alpha value is -3.41. The standard InChI is InChI=1S/C18H18F2N4O5S/c1-27-16-15(29-10-14(19)20)17(28-2)23-18(22-16)24-30(25,26)12-8-13(21-9-12)11-6-4-3-5-7-11/h3-9,14,21H,10H2,1-2H3,(H,22,23,24). The summed E-state index contributed by atoms with van der Waals surface area (Å²) < 4.78 is 67.5. The van der Waals surface area contributed by atoms with Crippen molar-refractivity contribution in [1.29, 1.82) is 0 Å². The van der Waals surface area contributed by atoms with Gasteiger partial charge in [0.2, 0.25) is 11.7 Å². The molecule has 2 N–H and O–H groups in total. The first-order valence-corrected chi connectivity index (χ1v) is 10.00. The smallest absolute Gasteiger partial charge is 0.272 e. The molecule has 0 atom stereocenters. The monoisotopic (exact) mass is 440 g/mol. The van der Waals surface area contributed by atoms with Crippen LogP contribution in [0.1, 0.15) is 0 Å². The molecule has 0 spiro atoms. The zero-order valence-electron chi connectivity index (χ0n) is 15.9. The minimum Gasteiger partial charge on any atom is -0.478 e. The summed E-state index contributed by atoms with van der Waals surface area (Å²) in [5.74, 6) is -1.18. The lowest BCUT2D eigenvalue weighted by molar-refractivity contribution is 0.0781. The molecule has 30 heavy (non-hydrogen) atoms. The number of hydrogen-bond acceptors (Lipinski definition) is 7. The summed E-state index contributed by atoms with van der Waals surface area (Å²) in [7, 11) is -1.64. The second kappa shape index (κ2) is 8.95. The van der Waals surface area contributed by atoms with Crippen molar-refractivity contribution in [2.45, 2.75) is 11.3 Å². The van der Waals surface area contributed by atoms with E-state index in [4.69, 9.17) is 14.2 Å². The van der Waals surface area contributed by atoms with Crippen molar-refractivity contribution in [1.82, 2.24) is 15.0 Å². The molecule has 0 aliphatic rings. The van der Waals surface area contributed by atoms with Crippen LogP contribution in [-0.2, 0) is 10.0 Å². The molecule has 2 heterocycles. The van der Waals surface area contributed by atoms with E-state index < -0.39 is 23.1 Å². The summed E-state index contributed by atoms with van der Waals surface area (Å²) in [5, 5.41) is 0. The number of rotatable bonds is 9. The molecular formula is C18H18F2N4O5S. The maximum absolute atomic E-state index is 12.7. The topological polar surface area (TPSA) is 115 Å². The number of sulfonamides is 1. The van der Waals surface area contributed by atoms with Crippen LogP contribution in [-0.4, -0.2) is 50.6 Å². The number of halogens is 2. The van der Waals surface area contributed by atoms with E-state index in [9.17, 15) is 17.2 Å². The third-order valence-corrected chi connectivity index (χ3v) is 5.13. The molecule has 0 saturated heterocycles. The summed E-state index contributed by atoms with van der Waals surface area (Å²) in [6, 6.07) is 10.6. The molecule has 1 aromatic carbocycles. The molecule has 0 aliphatic carbocycles.